The lowest BCUT2D eigenvalue weighted by Crippen LogP contribution is -2.48. The summed E-state index contributed by atoms with van der Waals surface area (Å²) in [5.41, 5.74) is 5.17. The maximum absolute atomic E-state index is 13.9. The van der Waals surface area contributed by atoms with Crippen LogP contribution >= 0.6 is 0 Å². The van der Waals surface area contributed by atoms with Gasteiger partial charge in [-0.3, -0.25) is 4.79 Å². The summed E-state index contributed by atoms with van der Waals surface area (Å²) in [6.45, 7) is 8.64. The molecule has 5 nitrogen and oxygen atoms in total. The minimum atomic E-state index is -0.992. The third-order valence-corrected chi connectivity index (χ3v) is 6.99. The van der Waals surface area contributed by atoms with E-state index in [1.54, 1.807) is 0 Å². The zero-order chi connectivity index (χ0) is 29.1. The van der Waals surface area contributed by atoms with Gasteiger partial charge in [0.2, 0.25) is 0 Å². The number of aliphatic hydroxyl groups is 1. The average molecular weight is 552 g/mol. The molecule has 0 fully saturated rings. The lowest BCUT2D eigenvalue weighted by Gasteiger charge is -2.25. The highest BCUT2D eigenvalue weighted by atomic mass is 19.1. The fourth-order valence-corrected chi connectivity index (χ4v) is 4.89. The third kappa shape index (κ3) is 10.1. The molecule has 0 unspecified atom stereocenters. The Balaban J connectivity index is 1.74. The largest absolute Gasteiger partial charge is 0.390 e. The van der Waals surface area contributed by atoms with Crippen molar-refractivity contribution in [1.29, 1.82) is 0 Å². The number of amides is 1. The Morgan fingerprint density at radius 3 is 2.38 bits per heavy atom. The van der Waals surface area contributed by atoms with Gasteiger partial charge in [0.05, 0.1) is 12.1 Å². The van der Waals surface area contributed by atoms with E-state index in [2.05, 4.69) is 54.6 Å². The number of rotatable bonds is 15. The van der Waals surface area contributed by atoms with Crippen LogP contribution in [-0.4, -0.2) is 48.2 Å². The van der Waals surface area contributed by atoms with Gasteiger partial charge in [-0.1, -0.05) is 56.2 Å². The molecule has 0 saturated carbocycles. The molecule has 0 heterocycles. The van der Waals surface area contributed by atoms with E-state index >= 15 is 0 Å². The van der Waals surface area contributed by atoms with Gasteiger partial charge in [-0.25, -0.2) is 8.78 Å². The molecular weight excluding hydrogens is 508 g/mol. The van der Waals surface area contributed by atoms with E-state index in [4.69, 9.17) is 0 Å². The Bertz CT molecular complexity index is 1230. The number of benzene rings is 3. The second kappa shape index (κ2) is 15.6. The standard InChI is InChI=1S/C33H43F2N3O2/c1-5-7-11-38(4)22-27-12-23(3)13-28(15-27)33(40)37-31(18-26-16-29(34)19-30(35)17-26)32(39)21-36-20-25-10-8-9-24(6-2)14-25/h8-10,12-17,19,31-32,36,39H,5-7,11,18,20-22H2,1-4H3,(H,37,40)/t31-,32-/m0/s1. The van der Waals surface area contributed by atoms with Crippen molar-refractivity contribution in [2.75, 3.05) is 20.1 Å². The van der Waals surface area contributed by atoms with Gasteiger partial charge in [0.15, 0.2) is 0 Å². The molecule has 7 heteroatoms. The molecule has 0 aliphatic heterocycles. The lowest BCUT2D eigenvalue weighted by atomic mass is 9.99. The minimum Gasteiger partial charge on any atom is -0.390 e. The minimum absolute atomic E-state index is 0.0764. The Morgan fingerprint density at radius 1 is 0.950 bits per heavy atom. The molecule has 0 aromatic heterocycles. The SMILES string of the molecule is CCCCN(C)Cc1cc(C)cc(C(=O)N[C@@H](Cc2cc(F)cc(F)c2)[C@@H](O)CNCc2cccc(CC)c2)c1. The third-order valence-electron chi connectivity index (χ3n) is 6.99. The van der Waals surface area contributed by atoms with Crippen molar-refractivity contribution in [2.24, 2.45) is 0 Å². The topological polar surface area (TPSA) is 64.6 Å². The van der Waals surface area contributed by atoms with Crippen molar-refractivity contribution in [1.82, 2.24) is 15.5 Å². The van der Waals surface area contributed by atoms with Gasteiger partial charge in [0.25, 0.3) is 5.91 Å². The summed E-state index contributed by atoms with van der Waals surface area (Å²) in [4.78, 5) is 15.6. The summed E-state index contributed by atoms with van der Waals surface area (Å²) >= 11 is 0. The summed E-state index contributed by atoms with van der Waals surface area (Å²) < 4.78 is 27.8. The van der Waals surface area contributed by atoms with Gasteiger partial charge in [-0.15, -0.1) is 0 Å². The molecule has 0 radical (unpaired) electrons. The van der Waals surface area contributed by atoms with E-state index in [-0.39, 0.29) is 18.9 Å². The Morgan fingerprint density at radius 2 is 1.68 bits per heavy atom. The van der Waals surface area contributed by atoms with Gasteiger partial charge < -0.3 is 20.6 Å². The zero-order valence-corrected chi connectivity index (χ0v) is 24.1. The number of aliphatic hydroxyl groups excluding tert-OH is 1. The number of hydrogen-bond donors (Lipinski definition) is 3. The molecule has 0 spiro atoms. The molecule has 1 amide bonds. The summed E-state index contributed by atoms with van der Waals surface area (Å²) in [5.74, 6) is -1.73. The maximum atomic E-state index is 13.9. The first-order chi connectivity index (χ1) is 19.2. The molecule has 0 saturated heterocycles. The van der Waals surface area contributed by atoms with Crippen LogP contribution in [0.1, 0.15) is 64.9 Å². The second-order valence-electron chi connectivity index (χ2n) is 10.7. The number of aryl methyl sites for hydroxylation is 2. The van der Waals surface area contributed by atoms with Gasteiger partial charge >= 0.3 is 0 Å². The highest BCUT2D eigenvalue weighted by molar-refractivity contribution is 5.94. The Labute approximate surface area is 237 Å². The highest BCUT2D eigenvalue weighted by Crippen LogP contribution is 2.16. The van der Waals surface area contributed by atoms with Crippen LogP contribution in [0.2, 0.25) is 0 Å². The van der Waals surface area contributed by atoms with Crippen LogP contribution in [0.15, 0.2) is 60.7 Å². The van der Waals surface area contributed by atoms with Gasteiger partial charge in [0, 0.05) is 31.3 Å². The van der Waals surface area contributed by atoms with E-state index < -0.39 is 23.8 Å². The van der Waals surface area contributed by atoms with Crippen molar-refractivity contribution >= 4 is 5.91 Å². The van der Waals surface area contributed by atoms with Crippen molar-refractivity contribution in [3.63, 3.8) is 0 Å². The fourth-order valence-electron chi connectivity index (χ4n) is 4.89. The van der Waals surface area contributed by atoms with Crippen LogP contribution in [0, 0.1) is 18.6 Å². The molecule has 40 heavy (non-hydrogen) atoms. The van der Waals surface area contributed by atoms with Crippen LogP contribution in [-0.2, 0) is 25.9 Å². The van der Waals surface area contributed by atoms with Crippen molar-refractivity contribution in [3.8, 4) is 0 Å². The average Bonchev–Trinajstić information content (AvgIpc) is 2.90. The van der Waals surface area contributed by atoms with Crippen LogP contribution in [0.3, 0.4) is 0 Å². The molecular formula is C33H43F2N3O2. The summed E-state index contributed by atoms with van der Waals surface area (Å²) in [7, 11) is 2.06. The number of nitrogens with one attached hydrogen (secondary N) is 2. The normalized spacial score (nSPS) is 12.9. The Kier molecular flexibility index (Phi) is 12.2. The number of carbonyl (C=O) groups is 1. The zero-order valence-electron chi connectivity index (χ0n) is 24.1. The molecule has 3 N–H and O–H groups in total. The van der Waals surface area contributed by atoms with Crippen LogP contribution in [0.25, 0.3) is 0 Å². The monoisotopic (exact) mass is 551 g/mol. The predicted octanol–water partition coefficient (Wildman–Crippen LogP) is 5.56. The van der Waals surface area contributed by atoms with Crippen LogP contribution < -0.4 is 10.6 Å². The number of halogens is 2. The fraction of sp³-hybridized carbons (Fsp3) is 0.424. The number of hydrogen-bond acceptors (Lipinski definition) is 4. The molecule has 0 bridgehead atoms. The van der Waals surface area contributed by atoms with Crippen molar-refractivity contribution < 1.29 is 18.7 Å². The van der Waals surface area contributed by atoms with E-state index in [1.165, 1.54) is 17.7 Å². The van der Waals surface area contributed by atoms with Gasteiger partial charge in [0.1, 0.15) is 11.6 Å². The molecule has 0 aliphatic rings. The van der Waals surface area contributed by atoms with Crippen molar-refractivity contribution in [2.45, 2.75) is 71.7 Å². The molecule has 3 aromatic carbocycles. The number of nitrogens with zero attached hydrogens (tertiary/aromatic N) is 1. The summed E-state index contributed by atoms with van der Waals surface area (Å²) in [6.07, 6.45) is 2.24. The first-order valence-corrected chi connectivity index (χ1v) is 14.2. The van der Waals surface area contributed by atoms with E-state index in [0.717, 1.165) is 55.1 Å². The molecule has 216 valence electrons. The first-order valence-electron chi connectivity index (χ1n) is 14.2. The Hall–Kier alpha value is -3.13. The smallest absolute Gasteiger partial charge is 0.251 e. The van der Waals surface area contributed by atoms with Crippen molar-refractivity contribution in [3.05, 3.63) is 106 Å². The highest BCUT2D eigenvalue weighted by Gasteiger charge is 2.23. The number of carbonyl (C=O) groups excluding carboxylic acids is 1. The first kappa shape index (κ1) is 31.4. The molecule has 2 atom stereocenters. The van der Waals surface area contributed by atoms with Crippen LogP contribution in [0.5, 0.6) is 0 Å². The quantitative estimate of drug-likeness (QED) is 0.232. The number of unbranched alkanes of at least 4 members (excludes halogenated alkanes) is 1. The molecule has 3 rings (SSSR count). The summed E-state index contributed by atoms with van der Waals surface area (Å²) in [6, 6.07) is 16.5. The lowest BCUT2D eigenvalue weighted by molar-refractivity contribution is 0.0829. The molecule has 3 aromatic rings. The van der Waals surface area contributed by atoms with E-state index in [9.17, 15) is 18.7 Å². The second-order valence-corrected chi connectivity index (χ2v) is 10.7. The van der Waals surface area contributed by atoms with E-state index in [0.29, 0.717) is 17.7 Å². The van der Waals surface area contributed by atoms with Gasteiger partial charge in [-0.2, -0.15) is 0 Å². The van der Waals surface area contributed by atoms with E-state index in [1.807, 2.05) is 31.2 Å². The maximum Gasteiger partial charge on any atom is 0.251 e. The predicted molar refractivity (Wildman–Crippen MR) is 157 cm³/mol. The summed E-state index contributed by atoms with van der Waals surface area (Å²) in [5, 5.41) is 17.3. The molecule has 0 aliphatic carbocycles. The van der Waals surface area contributed by atoms with Gasteiger partial charge in [-0.05, 0) is 86.3 Å². The van der Waals surface area contributed by atoms with Crippen LogP contribution in [0.4, 0.5) is 8.78 Å².